The van der Waals surface area contributed by atoms with Crippen LogP contribution in [0.1, 0.15) is 37.8 Å². The molecule has 0 bridgehead atoms. The molecule has 0 radical (unpaired) electrons. The molecule has 2 aromatic heterocycles. The van der Waals surface area contributed by atoms with E-state index in [9.17, 15) is 9.59 Å². The van der Waals surface area contributed by atoms with Crippen molar-refractivity contribution in [3.8, 4) is 0 Å². The smallest absolute Gasteiger partial charge is 0.412 e. The number of rotatable bonds is 8. The first-order chi connectivity index (χ1) is 13.1. The van der Waals surface area contributed by atoms with Crippen LogP contribution in [0.15, 0.2) is 34.4 Å². The van der Waals surface area contributed by atoms with Gasteiger partial charge in [0.2, 0.25) is 0 Å². The third-order valence-corrected chi connectivity index (χ3v) is 6.28. The third-order valence-electron chi connectivity index (χ3n) is 4.34. The Labute approximate surface area is 166 Å². The summed E-state index contributed by atoms with van der Waals surface area (Å²) in [7, 11) is 0. The molecule has 3 rings (SSSR count). The molecule has 0 aliphatic rings. The van der Waals surface area contributed by atoms with E-state index < -0.39 is 6.09 Å². The van der Waals surface area contributed by atoms with E-state index in [2.05, 4.69) is 24.5 Å². The summed E-state index contributed by atoms with van der Waals surface area (Å²) in [5.41, 5.74) is 3.42. The fraction of sp³-hybridized carbons (Fsp3) is 0.400. The summed E-state index contributed by atoms with van der Waals surface area (Å²) in [5.74, 6) is 0. The van der Waals surface area contributed by atoms with Gasteiger partial charge in [-0.15, -0.1) is 11.3 Å². The molecule has 0 spiro atoms. The molecule has 0 fully saturated rings. The quantitative estimate of drug-likeness (QED) is 0.556. The molecular weight excluding hydrogens is 380 g/mol. The van der Waals surface area contributed by atoms with Crippen LogP contribution >= 0.6 is 22.7 Å². The molecule has 0 atom stereocenters. The molecule has 7 heteroatoms. The first-order valence-electron chi connectivity index (χ1n) is 9.25. The van der Waals surface area contributed by atoms with Crippen molar-refractivity contribution >= 4 is 44.0 Å². The first-order valence-corrected chi connectivity index (χ1v) is 10.9. The molecule has 5 nitrogen and oxygen atoms in total. The molecule has 1 N–H and O–H groups in total. The number of nitrogens with zero attached hydrogens (tertiary/aromatic N) is 1. The number of ether oxygens (including phenoxy) is 1. The number of anilines is 1. The van der Waals surface area contributed by atoms with Gasteiger partial charge in [0.05, 0.1) is 16.8 Å². The summed E-state index contributed by atoms with van der Waals surface area (Å²) in [5, 5.41) is 5.88. The number of benzene rings is 1. The summed E-state index contributed by atoms with van der Waals surface area (Å²) in [6.07, 6.45) is 3.62. The molecule has 0 aliphatic carbocycles. The maximum Gasteiger partial charge on any atom is 0.412 e. The van der Waals surface area contributed by atoms with Gasteiger partial charge in [-0.3, -0.25) is 14.7 Å². The molecule has 27 heavy (non-hydrogen) atoms. The minimum atomic E-state index is -0.468. The van der Waals surface area contributed by atoms with Gasteiger partial charge >= 0.3 is 11.0 Å². The SMILES string of the molecule is CCCc1csc(NC(=O)OCCn2c(=O)sc3ccccc32)c1CCC. The molecule has 144 valence electrons. The van der Waals surface area contributed by atoms with Gasteiger partial charge in [-0.1, -0.05) is 50.2 Å². The Morgan fingerprint density at radius 3 is 2.74 bits per heavy atom. The Morgan fingerprint density at radius 2 is 1.96 bits per heavy atom. The number of fused-ring (bicyclic) bond motifs is 1. The third kappa shape index (κ3) is 4.59. The fourth-order valence-electron chi connectivity index (χ4n) is 3.11. The number of thiophene rings is 1. The Bertz CT molecular complexity index is 971. The van der Waals surface area contributed by atoms with Crippen LogP contribution in [0.2, 0.25) is 0 Å². The summed E-state index contributed by atoms with van der Waals surface area (Å²) < 4.78 is 7.92. The number of carbonyl (C=O) groups is 1. The van der Waals surface area contributed by atoms with Crippen molar-refractivity contribution in [2.45, 2.75) is 46.1 Å². The van der Waals surface area contributed by atoms with Crippen LogP contribution in [0.5, 0.6) is 0 Å². The number of para-hydroxylation sites is 1. The number of thiazole rings is 1. The van der Waals surface area contributed by atoms with Crippen molar-refractivity contribution < 1.29 is 9.53 Å². The molecule has 3 aromatic rings. The van der Waals surface area contributed by atoms with Crippen LogP contribution in [0.25, 0.3) is 10.2 Å². The van der Waals surface area contributed by atoms with Gasteiger partial charge in [-0.05, 0) is 41.5 Å². The summed E-state index contributed by atoms with van der Waals surface area (Å²) >= 11 is 2.76. The Morgan fingerprint density at radius 1 is 1.19 bits per heavy atom. The average Bonchev–Trinajstić information content (AvgIpc) is 3.17. The second-order valence-corrected chi connectivity index (χ2v) is 8.19. The minimum absolute atomic E-state index is 0.0343. The molecule has 2 heterocycles. The lowest BCUT2D eigenvalue weighted by atomic mass is 10.0. The molecule has 0 saturated heterocycles. The van der Waals surface area contributed by atoms with Crippen LogP contribution in [0.3, 0.4) is 0 Å². The highest BCUT2D eigenvalue weighted by atomic mass is 32.1. The van der Waals surface area contributed by atoms with Crippen LogP contribution in [0.4, 0.5) is 9.80 Å². The van der Waals surface area contributed by atoms with Gasteiger partial charge in [-0.2, -0.15) is 0 Å². The van der Waals surface area contributed by atoms with Crippen molar-refractivity contribution in [2.75, 3.05) is 11.9 Å². The van der Waals surface area contributed by atoms with Crippen LogP contribution < -0.4 is 10.2 Å². The predicted molar refractivity (Wildman–Crippen MR) is 113 cm³/mol. The Hall–Kier alpha value is -2.12. The van der Waals surface area contributed by atoms with E-state index >= 15 is 0 Å². The highest BCUT2D eigenvalue weighted by molar-refractivity contribution is 7.16. The number of amides is 1. The number of carbonyl (C=O) groups excluding carboxylic acids is 1. The van der Waals surface area contributed by atoms with Crippen molar-refractivity contribution in [2.24, 2.45) is 0 Å². The van der Waals surface area contributed by atoms with Crippen molar-refractivity contribution in [1.29, 1.82) is 0 Å². The van der Waals surface area contributed by atoms with E-state index in [1.165, 1.54) is 22.5 Å². The fourth-order valence-corrected chi connectivity index (χ4v) is 5.07. The largest absolute Gasteiger partial charge is 0.447 e. The maximum absolute atomic E-state index is 12.2. The molecule has 0 aliphatic heterocycles. The van der Waals surface area contributed by atoms with Crippen molar-refractivity contribution in [1.82, 2.24) is 4.57 Å². The summed E-state index contributed by atoms with van der Waals surface area (Å²) in [4.78, 5) is 24.3. The van der Waals surface area contributed by atoms with Gasteiger partial charge < -0.3 is 4.74 Å². The lowest BCUT2D eigenvalue weighted by Gasteiger charge is -2.09. The van der Waals surface area contributed by atoms with Crippen molar-refractivity contribution in [3.63, 3.8) is 0 Å². The van der Waals surface area contributed by atoms with Gasteiger partial charge in [0, 0.05) is 0 Å². The first kappa shape index (κ1) is 19.6. The Kier molecular flexibility index (Phi) is 6.68. The van der Waals surface area contributed by atoms with Crippen LogP contribution in [0, 0.1) is 0 Å². The van der Waals surface area contributed by atoms with E-state index in [0.717, 1.165) is 40.9 Å². The van der Waals surface area contributed by atoms with Gasteiger partial charge in [0.1, 0.15) is 11.6 Å². The van der Waals surface area contributed by atoms with E-state index in [4.69, 9.17) is 4.74 Å². The second kappa shape index (κ2) is 9.19. The molecule has 1 aromatic carbocycles. The van der Waals surface area contributed by atoms with Gasteiger partial charge in [0.15, 0.2) is 0 Å². The maximum atomic E-state index is 12.2. The topological polar surface area (TPSA) is 60.3 Å². The summed E-state index contributed by atoms with van der Waals surface area (Å²) in [6, 6.07) is 7.64. The van der Waals surface area contributed by atoms with E-state index in [1.54, 1.807) is 15.9 Å². The number of aryl methyl sites for hydroxylation is 1. The van der Waals surface area contributed by atoms with Crippen molar-refractivity contribution in [3.05, 3.63) is 50.4 Å². The average molecular weight is 405 g/mol. The van der Waals surface area contributed by atoms with Gasteiger partial charge in [0.25, 0.3) is 0 Å². The number of hydrogen-bond donors (Lipinski definition) is 1. The second-order valence-electron chi connectivity index (χ2n) is 6.32. The van der Waals surface area contributed by atoms with Crippen LogP contribution in [-0.4, -0.2) is 17.3 Å². The highest BCUT2D eigenvalue weighted by Gasteiger charge is 2.14. The lowest BCUT2D eigenvalue weighted by molar-refractivity contribution is 0.157. The Balaban J connectivity index is 1.60. The molecular formula is C20H24N2O3S2. The molecule has 0 saturated carbocycles. The number of nitrogens with one attached hydrogen (secondary N) is 1. The van der Waals surface area contributed by atoms with E-state index in [1.807, 2.05) is 24.3 Å². The standard InChI is InChI=1S/C20H24N2O3S2/c1-3-7-14-13-26-18(15(14)8-4-2)21-19(23)25-12-11-22-16-9-5-6-10-17(16)27-20(22)24/h5-6,9-10,13H,3-4,7-8,11-12H2,1-2H3,(H,21,23). The predicted octanol–water partition coefficient (Wildman–Crippen LogP) is 5.28. The monoisotopic (exact) mass is 404 g/mol. The van der Waals surface area contributed by atoms with Crippen LogP contribution in [-0.2, 0) is 24.1 Å². The van der Waals surface area contributed by atoms with E-state index in [0.29, 0.717) is 6.54 Å². The normalized spacial score (nSPS) is 11.0. The summed E-state index contributed by atoms with van der Waals surface area (Å²) in [6.45, 7) is 4.80. The molecule has 1 amide bonds. The zero-order valence-electron chi connectivity index (χ0n) is 15.6. The van der Waals surface area contributed by atoms with E-state index in [-0.39, 0.29) is 11.5 Å². The van der Waals surface area contributed by atoms with Gasteiger partial charge in [-0.25, -0.2) is 4.79 Å². The minimum Gasteiger partial charge on any atom is -0.447 e. The highest BCUT2D eigenvalue weighted by Crippen LogP contribution is 2.30. The zero-order chi connectivity index (χ0) is 19.2. The lowest BCUT2D eigenvalue weighted by Crippen LogP contribution is -2.20. The zero-order valence-corrected chi connectivity index (χ0v) is 17.3. The number of hydrogen-bond acceptors (Lipinski definition) is 5. The number of aromatic nitrogens is 1. The molecule has 0 unspecified atom stereocenters.